The Labute approximate surface area is 180 Å². The maximum Gasteiger partial charge on any atom is 0.352 e. The van der Waals surface area contributed by atoms with Crippen LogP contribution in [0, 0.1) is 0 Å². The molecular formula is C18H21N5O5S2. The second-order valence-electron chi connectivity index (χ2n) is 6.70. The molecule has 160 valence electrons. The maximum absolute atomic E-state index is 12.9. The first kappa shape index (κ1) is 21.8. The molecule has 1 aromatic heterocycles. The highest BCUT2D eigenvalue weighted by atomic mass is 32.2. The van der Waals surface area contributed by atoms with Crippen LogP contribution in [-0.4, -0.2) is 61.8 Å². The third kappa shape index (κ3) is 4.19. The molecule has 0 saturated carbocycles. The van der Waals surface area contributed by atoms with E-state index in [1.54, 1.807) is 38.3 Å². The Hall–Kier alpha value is -2.86. The van der Waals surface area contributed by atoms with Crippen molar-refractivity contribution in [2.75, 3.05) is 11.5 Å². The molecule has 0 bridgehead atoms. The van der Waals surface area contributed by atoms with Crippen LogP contribution in [-0.2, 0) is 19.2 Å². The fourth-order valence-electron chi connectivity index (χ4n) is 2.94. The van der Waals surface area contributed by atoms with Gasteiger partial charge in [-0.25, -0.2) is 9.78 Å². The number of nitrogens with zero attached hydrogens (tertiary/aromatic N) is 3. The summed E-state index contributed by atoms with van der Waals surface area (Å²) in [5.74, 6) is -1.93. The quantitative estimate of drug-likeness (QED) is 0.318. The van der Waals surface area contributed by atoms with E-state index in [1.807, 2.05) is 0 Å². The lowest BCUT2D eigenvalue weighted by molar-refractivity contribution is -0.150. The number of carbonyl (C=O) groups is 3. The van der Waals surface area contributed by atoms with E-state index in [2.05, 4.69) is 15.5 Å². The Morgan fingerprint density at radius 3 is 2.80 bits per heavy atom. The summed E-state index contributed by atoms with van der Waals surface area (Å²) in [5.41, 5.74) is 6.27. The van der Waals surface area contributed by atoms with Crippen molar-refractivity contribution in [3.05, 3.63) is 34.5 Å². The van der Waals surface area contributed by atoms with Crippen LogP contribution in [0.25, 0.3) is 0 Å². The largest absolute Gasteiger partial charge is 0.477 e. The van der Waals surface area contributed by atoms with E-state index in [-0.39, 0.29) is 28.3 Å². The lowest BCUT2D eigenvalue weighted by Crippen LogP contribution is -2.71. The van der Waals surface area contributed by atoms with Crippen molar-refractivity contribution in [1.29, 1.82) is 0 Å². The van der Waals surface area contributed by atoms with E-state index < -0.39 is 29.2 Å². The van der Waals surface area contributed by atoms with Gasteiger partial charge in [0.25, 0.3) is 11.8 Å². The number of aliphatic carboxylic acids is 1. The molecule has 4 N–H and O–H groups in total. The normalized spacial score (nSPS) is 21.7. The third-order valence-corrected chi connectivity index (χ3v) is 6.17. The second-order valence-corrected chi connectivity index (χ2v) is 8.70. The number of aromatic nitrogens is 1. The van der Waals surface area contributed by atoms with Gasteiger partial charge >= 0.3 is 5.97 Å². The zero-order valence-corrected chi connectivity index (χ0v) is 18.1. The van der Waals surface area contributed by atoms with E-state index in [1.165, 1.54) is 16.7 Å². The number of nitrogen functional groups attached to an aromatic ring is 1. The number of hydrogen-bond acceptors (Lipinski definition) is 9. The molecular weight excluding hydrogens is 430 g/mol. The summed E-state index contributed by atoms with van der Waals surface area (Å²) in [6.45, 7) is 5.28. The molecule has 12 heteroatoms. The second kappa shape index (κ2) is 8.88. The predicted molar refractivity (Wildman–Crippen MR) is 114 cm³/mol. The number of allylic oxidation sites excluding steroid dienone is 2. The number of amides is 2. The van der Waals surface area contributed by atoms with Gasteiger partial charge in [0.15, 0.2) is 10.8 Å². The fourth-order valence-corrected chi connectivity index (χ4v) is 4.81. The summed E-state index contributed by atoms with van der Waals surface area (Å²) < 4.78 is 0. The van der Waals surface area contributed by atoms with Gasteiger partial charge in [0.2, 0.25) is 0 Å². The third-order valence-electron chi connectivity index (χ3n) is 4.19. The fraction of sp³-hybridized carbons (Fsp3) is 0.389. The number of fused-ring (bicyclic) bond motifs is 1. The lowest BCUT2D eigenvalue weighted by Gasteiger charge is -2.49. The van der Waals surface area contributed by atoms with E-state index in [0.29, 0.717) is 11.3 Å². The number of β-lactam (4-membered cyclic amide) rings is 1. The number of nitrogens with one attached hydrogen (secondary N) is 1. The molecule has 0 spiro atoms. The highest BCUT2D eigenvalue weighted by Gasteiger charge is 2.54. The number of oxime groups is 1. The molecule has 10 nitrogen and oxygen atoms in total. The van der Waals surface area contributed by atoms with Gasteiger partial charge in [0.05, 0.1) is 0 Å². The molecule has 3 rings (SSSR count). The van der Waals surface area contributed by atoms with Gasteiger partial charge in [-0.2, -0.15) is 0 Å². The number of thioether (sulfide) groups is 1. The number of rotatable bonds is 7. The highest BCUT2D eigenvalue weighted by Crippen LogP contribution is 2.40. The molecule has 2 aliphatic heterocycles. The lowest BCUT2D eigenvalue weighted by atomic mass is 10.0. The van der Waals surface area contributed by atoms with Gasteiger partial charge in [0.1, 0.15) is 28.9 Å². The molecule has 1 fully saturated rings. The van der Waals surface area contributed by atoms with Crippen molar-refractivity contribution in [2.45, 2.75) is 38.3 Å². The van der Waals surface area contributed by atoms with Gasteiger partial charge in [0, 0.05) is 11.1 Å². The highest BCUT2D eigenvalue weighted by molar-refractivity contribution is 8.00. The monoisotopic (exact) mass is 451 g/mol. The average Bonchev–Trinajstić information content (AvgIpc) is 3.11. The number of carbonyl (C=O) groups excluding carboxylic acids is 2. The van der Waals surface area contributed by atoms with Crippen LogP contribution in [0.15, 0.2) is 34.0 Å². The van der Waals surface area contributed by atoms with Gasteiger partial charge in [-0.1, -0.05) is 17.3 Å². The van der Waals surface area contributed by atoms with Crippen molar-refractivity contribution in [1.82, 2.24) is 15.2 Å². The number of nitrogens with two attached hydrogens (primary N) is 1. The Morgan fingerprint density at radius 2 is 2.23 bits per heavy atom. The minimum Gasteiger partial charge on any atom is -0.477 e. The molecule has 1 saturated heterocycles. The molecule has 1 unspecified atom stereocenters. The van der Waals surface area contributed by atoms with Gasteiger partial charge in [-0.15, -0.1) is 23.1 Å². The van der Waals surface area contributed by atoms with E-state index in [0.717, 1.165) is 11.3 Å². The summed E-state index contributed by atoms with van der Waals surface area (Å²) in [5, 5.41) is 17.4. The standard InChI is InChI=1S/C18H21N5O5S2/c1-4-5-9-6-29-16-12(15(25)23(16)13(9)17(26)27)21-14(24)11(22-28-8(2)3)10-7-30-18(19)20-10/h4-5,7-8,12,16H,6H2,1-3H3,(H2,19,20)(H,21,24)(H,26,27)/b5-4-,22-11-/t12?,16-/m1/s1. The van der Waals surface area contributed by atoms with Crippen molar-refractivity contribution >= 4 is 51.7 Å². The van der Waals surface area contributed by atoms with Crippen molar-refractivity contribution < 1.29 is 24.3 Å². The first-order chi connectivity index (χ1) is 14.2. The maximum atomic E-state index is 12.9. The molecule has 0 aromatic carbocycles. The van der Waals surface area contributed by atoms with Crippen LogP contribution < -0.4 is 11.1 Å². The smallest absolute Gasteiger partial charge is 0.352 e. The van der Waals surface area contributed by atoms with E-state index in [4.69, 9.17) is 10.6 Å². The molecule has 3 heterocycles. The van der Waals surface area contributed by atoms with E-state index >= 15 is 0 Å². The Bertz CT molecular complexity index is 968. The molecule has 1 aromatic rings. The van der Waals surface area contributed by atoms with Crippen LogP contribution in [0.2, 0.25) is 0 Å². The van der Waals surface area contributed by atoms with Gasteiger partial charge in [-0.05, 0) is 26.3 Å². The molecule has 2 amide bonds. The Morgan fingerprint density at radius 1 is 1.50 bits per heavy atom. The minimum absolute atomic E-state index is 0.0587. The summed E-state index contributed by atoms with van der Waals surface area (Å²) >= 11 is 2.52. The summed E-state index contributed by atoms with van der Waals surface area (Å²) in [6.07, 6.45) is 3.12. The van der Waals surface area contributed by atoms with Crippen LogP contribution >= 0.6 is 23.1 Å². The number of thiazole rings is 1. The molecule has 2 atom stereocenters. The topological polar surface area (TPSA) is 147 Å². The predicted octanol–water partition coefficient (Wildman–Crippen LogP) is 1.17. The summed E-state index contributed by atoms with van der Waals surface area (Å²) in [4.78, 5) is 47.7. The number of anilines is 1. The molecule has 0 aliphatic carbocycles. The number of hydrogen-bond donors (Lipinski definition) is 3. The van der Waals surface area contributed by atoms with Crippen molar-refractivity contribution in [3.8, 4) is 0 Å². The average molecular weight is 452 g/mol. The van der Waals surface area contributed by atoms with Crippen LogP contribution in [0.3, 0.4) is 0 Å². The Kier molecular flexibility index (Phi) is 6.46. The summed E-state index contributed by atoms with van der Waals surface area (Å²) in [7, 11) is 0. The van der Waals surface area contributed by atoms with E-state index in [9.17, 15) is 19.5 Å². The number of carboxylic acid groups (broad SMARTS) is 1. The van der Waals surface area contributed by atoms with Crippen LogP contribution in [0.5, 0.6) is 0 Å². The van der Waals surface area contributed by atoms with Crippen LogP contribution in [0.1, 0.15) is 26.5 Å². The zero-order chi connectivity index (χ0) is 22.0. The van der Waals surface area contributed by atoms with Crippen molar-refractivity contribution in [2.24, 2.45) is 5.16 Å². The molecule has 2 aliphatic rings. The minimum atomic E-state index is -1.18. The SMILES string of the molecule is C/C=C\C1=C(C(=O)O)N2C(=O)C(NC(=O)/C(=N\OC(C)C)c3csc(N)n3)[C@H]2SC1. The van der Waals surface area contributed by atoms with Gasteiger partial charge < -0.3 is 21.0 Å². The van der Waals surface area contributed by atoms with Crippen LogP contribution in [0.4, 0.5) is 5.13 Å². The first-order valence-corrected chi connectivity index (χ1v) is 11.0. The molecule has 0 radical (unpaired) electrons. The summed E-state index contributed by atoms with van der Waals surface area (Å²) in [6, 6.07) is -0.885. The molecule has 30 heavy (non-hydrogen) atoms. The number of carboxylic acids is 1. The zero-order valence-electron chi connectivity index (χ0n) is 16.5. The van der Waals surface area contributed by atoms with Gasteiger partial charge in [-0.3, -0.25) is 14.5 Å². The Balaban J connectivity index is 1.81. The first-order valence-electron chi connectivity index (χ1n) is 9.04. The van der Waals surface area contributed by atoms with Crippen molar-refractivity contribution in [3.63, 3.8) is 0 Å².